The Balaban J connectivity index is 1.33. The van der Waals surface area contributed by atoms with E-state index in [1.165, 1.54) is 21.8 Å². The fourth-order valence-corrected chi connectivity index (χ4v) is 7.30. The van der Waals surface area contributed by atoms with Gasteiger partial charge in [0.05, 0.1) is 45.3 Å². The predicted octanol–water partition coefficient (Wildman–Crippen LogP) is 11.0. The van der Waals surface area contributed by atoms with Crippen molar-refractivity contribution in [3.05, 3.63) is 169 Å². The van der Waals surface area contributed by atoms with E-state index < -0.39 is 0 Å². The molecule has 0 radical (unpaired) electrons. The van der Waals surface area contributed by atoms with Crippen LogP contribution in [0.25, 0.3) is 77.2 Å². The molecule has 48 heavy (non-hydrogen) atoms. The number of para-hydroxylation sites is 3. The van der Waals surface area contributed by atoms with Crippen molar-refractivity contribution in [1.82, 2.24) is 9.13 Å². The number of rotatable bonds is 4. The Kier molecular flexibility index (Phi) is 6.22. The van der Waals surface area contributed by atoms with Gasteiger partial charge in [-0.25, -0.2) is 0 Å². The van der Waals surface area contributed by atoms with Gasteiger partial charge < -0.3 is 9.13 Å². The van der Waals surface area contributed by atoms with Crippen LogP contribution >= 0.6 is 0 Å². The van der Waals surface area contributed by atoms with Crippen LogP contribution in [0, 0.1) is 22.7 Å². The molecular weight excluding hydrogens is 585 g/mol. The Morgan fingerprint density at radius 2 is 1.02 bits per heavy atom. The van der Waals surface area contributed by atoms with Crippen LogP contribution in [0.3, 0.4) is 0 Å². The van der Waals surface area contributed by atoms with E-state index in [0.29, 0.717) is 11.1 Å². The third-order valence-corrected chi connectivity index (χ3v) is 9.37. The molecule has 0 aliphatic rings. The first-order valence-corrected chi connectivity index (χ1v) is 15.9. The van der Waals surface area contributed by atoms with E-state index in [-0.39, 0.29) is 0 Å². The lowest BCUT2D eigenvalue weighted by Gasteiger charge is -2.15. The maximum absolute atomic E-state index is 9.71. The monoisotopic (exact) mass is 610 g/mol. The quantitative estimate of drug-likeness (QED) is 0.199. The molecule has 4 nitrogen and oxygen atoms in total. The van der Waals surface area contributed by atoms with Crippen molar-refractivity contribution in [3.63, 3.8) is 0 Å². The molecular formula is C44H26N4. The van der Waals surface area contributed by atoms with Gasteiger partial charge in [0.25, 0.3) is 0 Å². The maximum atomic E-state index is 9.71. The minimum Gasteiger partial charge on any atom is -0.309 e. The van der Waals surface area contributed by atoms with Crippen LogP contribution in [0.2, 0.25) is 0 Å². The van der Waals surface area contributed by atoms with Crippen molar-refractivity contribution in [1.29, 1.82) is 10.5 Å². The second kappa shape index (κ2) is 10.9. The molecule has 9 rings (SSSR count). The summed E-state index contributed by atoms with van der Waals surface area (Å²) in [6.45, 7) is 0. The minimum absolute atomic E-state index is 0.597. The van der Waals surface area contributed by atoms with Gasteiger partial charge in [0.15, 0.2) is 0 Å². The molecule has 9 aromatic rings. The van der Waals surface area contributed by atoms with Crippen molar-refractivity contribution in [2.45, 2.75) is 0 Å². The molecule has 0 N–H and O–H groups in total. The first-order chi connectivity index (χ1) is 23.7. The molecule has 0 spiro atoms. The summed E-state index contributed by atoms with van der Waals surface area (Å²) in [5.41, 5.74) is 12.1. The molecule has 0 fully saturated rings. The Bertz CT molecular complexity index is 2800. The van der Waals surface area contributed by atoms with Gasteiger partial charge in [-0.1, -0.05) is 97.1 Å². The molecule has 4 heteroatoms. The molecule has 222 valence electrons. The van der Waals surface area contributed by atoms with Gasteiger partial charge in [0, 0.05) is 38.5 Å². The van der Waals surface area contributed by atoms with E-state index in [9.17, 15) is 10.5 Å². The zero-order valence-electron chi connectivity index (χ0n) is 25.8. The Hall–Kier alpha value is -6.88. The van der Waals surface area contributed by atoms with Gasteiger partial charge in [-0.3, -0.25) is 0 Å². The first-order valence-electron chi connectivity index (χ1n) is 15.9. The van der Waals surface area contributed by atoms with Gasteiger partial charge in [0.2, 0.25) is 0 Å². The van der Waals surface area contributed by atoms with E-state index in [0.717, 1.165) is 55.4 Å². The zero-order valence-corrected chi connectivity index (χ0v) is 25.8. The highest BCUT2D eigenvalue weighted by molar-refractivity contribution is 6.15. The highest BCUT2D eigenvalue weighted by atomic mass is 15.0. The first kappa shape index (κ1) is 27.4. The smallest absolute Gasteiger partial charge is 0.0992 e. The molecule has 0 saturated carbocycles. The van der Waals surface area contributed by atoms with Crippen LogP contribution in [-0.2, 0) is 0 Å². The molecule has 0 amide bonds. The third kappa shape index (κ3) is 4.14. The van der Waals surface area contributed by atoms with Crippen molar-refractivity contribution in [2.75, 3.05) is 0 Å². The number of fused-ring (bicyclic) bond motifs is 6. The largest absolute Gasteiger partial charge is 0.309 e. The molecule has 0 aliphatic carbocycles. The van der Waals surface area contributed by atoms with Crippen LogP contribution in [-0.4, -0.2) is 9.13 Å². The Morgan fingerprint density at radius 1 is 0.375 bits per heavy atom. The summed E-state index contributed by atoms with van der Waals surface area (Å²) in [5, 5.41) is 23.9. The van der Waals surface area contributed by atoms with Crippen LogP contribution in [0.5, 0.6) is 0 Å². The van der Waals surface area contributed by atoms with E-state index in [4.69, 9.17) is 0 Å². The van der Waals surface area contributed by atoms with E-state index in [2.05, 4.69) is 137 Å². The molecule has 0 atom stereocenters. The number of hydrogen-bond acceptors (Lipinski definition) is 2. The topological polar surface area (TPSA) is 57.4 Å². The van der Waals surface area contributed by atoms with Gasteiger partial charge in [0.1, 0.15) is 0 Å². The van der Waals surface area contributed by atoms with E-state index >= 15 is 0 Å². The summed E-state index contributed by atoms with van der Waals surface area (Å²) in [6, 6.07) is 59.1. The van der Waals surface area contributed by atoms with Gasteiger partial charge >= 0.3 is 0 Å². The molecule has 2 heterocycles. The molecule has 0 bridgehead atoms. The molecule has 2 aromatic heterocycles. The number of benzene rings is 7. The second-order valence-corrected chi connectivity index (χ2v) is 12.0. The van der Waals surface area contributed by atoms with Crippen LogP contribution in [0.4, 0.5) is 0 Å². The molecule has 0 unspecified atom stereocenters. The summed E-state index contributed by atoms with van der Waals surface area (Å²) in [5.74, 6) is 0. The minimum atomic E-state index is 0.597. The molecule has 7 aromatic carbocycles. The highest BCUT2D eigenvalue weighted by Gasteiger charge is 2.20. The van der Waals surface area contributed by atoms with Crippen molar-refractivity contribution in [2.24, 2.45) is 0 Å². The van der Waals surface area contributed by atoms with Gasteiger partial charge in [-0.2, -0.15) is 10.5 Å². The van der Waals surface area contributed by atoms with Crippen molar-refractivity contribution in [3.8, 4) is 45.8 Å². The van der Waals surface area contributed by atoms with Crippen molar-refractivity contribution < 1.29 is 0 Å². The fraction of sp³-hybridized carbons (Fsp3) is 0. The summed E-state index contributed by atoms with van der Waals surface area (Å²) >= 11 is 0. The van der Waals surface area contributed by atoms with E-state index in [1.807, 2.05) is 42.5 Å². The fourth-order valence-electron chi connectivity index (χ4n) is 7.30. The number of nitrogens with zero attached hydrogens (tertiary/aromatic N) is 4. The lowest BCUT2D eigenvalue weighted by molar-refractivity contribution is 1.18. The normalized spacial score (nSPS) is 11.3. The zero-order chi connectivity index (χ0) is 32.2. The van der Waals surface area contributed by atoms with Crippen LogP contribution in [0.1, 0.15) is 11.1 Å². The molecule has 0 aliphatic heterocycles. The van der Waals surface area contributed by atoms with Crippen LogP contribution in [0.15, 0.2) is 158 Å². The number of nitriles is 2. The number of aromatic nitrogens is 2. The van der Waals surface area contributed by atoms with Gasteiger partial charge in [-0.15, -0.1) is 0 Å². The summed E-state index contributed by atoms with van der Waals surface area (Å²) < 4.78 is 4.58. The Labute approximate surface area is 277 Å². The maximum Gasteiger partial charge on any atom is 0.0992 e. The third-order valence-electron chi connectivity index (χ3n) is 9.37. The molecule has 0 saturated heterocycles. The summed E-state index contributed by atoms with van der Waals surface area (Å²) in [7, 11) is 0. The lowest BCUT2D eigenvalue weighted by atomic mass is 9.92. The predicted molar refractivity (Wildman–Crippen MR) is 195 cm³/mol. The van der Waals surface area contributed by atoms with Gasteiger partial charge in [-0.05, 0) is 77.4 Å². The standard InChI is InChI=1S/C44H26N4/c45-27-29-10-8-13-33(24-29)47-42-23-20-30(28-46)25-40(42)37-22-21-31(26-43(37)47)34-14-4-5-15-35(34)38-17-9-18-39-36-16-6-7-19-41(36)48(44(38)39)32-11-2-1-3-12-32/h1-26H. The SMILES string of the molecule is N#Cc1cccc(-n2c3ccc(C#N)cc3c3ccc(-c4ccccc4-c4cccc5c6ccccc6n(-c6ccccc6)c45)cc32)c1. The van der Waals surface area contributed by atoms with E-state index in [1.54, 1.807) is 0 Å². The summed E-state index contributed by atoms with van der Waals surface area (Å²) in [4.78, 5) is 0. The van der Waals surface area contributed by atoms with Crippen LogP contribution < -0.4 is 0 Å². The Morgan fingerprint density at radius 3 is 1.88 bits per heavy atom. The average molecular weight is 611 g/mol. The second-order valence-electron chi connectivity index (χ2n) is 12.0. The number of hydrogen-bond donors (Lipinski definition) is 0. The average Bonchev–Trinajstić information content (AvgIpc) is 3.67. The lowest BCUT2D eigenvalue weighted by Crippen LogP contribution is -1.96. The summed E-state index contributed by atoms with van der Waals surface area (Å²) in [6.07, 6.45) is 0. The highest BCUT2D eigenvalue weighted by Crippen LogP contribution is 2.42. The van der Waals surface area contributed by atoms with Crippen molar-refractivity contribution >= 4 is 43.6 Å².